The molecule has 2 amide bonds. The van der Waals surface area contributed by atoms with Crippen molar-refractivity contribution in [2.75, 3.05) is 14.2 Å². The smallest absolute Gasteiger partial charge is 0.411 e. The predicted octanol–water partition coefficient (Wildman–Crippen LogP) is 5.63. The number of hydrogen-bond acceptors (Lipinski definition) is 8. The molecular formula is C36H30N2O8. The van der Waals surface area contributed by atoms with Gasteiger partial charge in [0, 0.05) is 11.8 Å². The number of methoxy groups -OCH3 is 2. The van der Waals surface area contributed by atoms with Gasteiger partial charge >= 0.3 is 24.1 Å². The first-order valence-corrected chi connectivity index (χ1v) is 15.2. The van der Waals surface area contributed by atoms with Crippen LogP contribution in [0.3, 0.4) is 0 Å². The van der Waals surface area contributed by atoms with Gasteiger partial charge < -0.3 is 18.9 Å². The third-order valence-corrected chi connectivity index (χ3v) is 9.90. The average Bonchev–Trinajstić information content (AvgIpc) is 3.80. The van der Waals surface area contributed by atoms with E-state index >= 15 is 0 Å². The summed E-state index contributed by atoms with van der Waals surface area (Å²) in [6.07, 6.45) is 3.02. The monoisotopic (exact) mass is 618 g/mol. The molecule has 0 N–H and O–H groups in total. The van der Waals surface area contributed by atoms with Crippen LogP contribution in [0.1, 0.15) is 57.5 Å². The van der Waals surface area contributed by atoms with Crippen LogP contribution in [0.4, 0.5) is 9.59 Å². The minimum Gasteiger partial charge on any atom is -0.466 e. The second kappa shape index (κ2) is 10.6. The van der Waals surface area contributed by atoms with E-state index in [0.717, 1.165) is 33.4 Å². The topological polar surface area (TPSA) is 112 Å². The molecule has 1 saturated heterocycles. The fraction of sp³-hybridized carbons (Fsp3) is 0.278. The largest absolute Gasteiger partial charge is 0.466 e. The molecule has 4 heterocycles. The van der Waals surface area contributed by atoms with Crippen LogP contribution in [0.5, 0.6) is 0 Å². The first kappa shape index (κ1) is 28.1. The van der Waals surface area contributed by atoms with Gasteiger partial charge in [-0.05, 0) is 33.4 Å². The molecule has 3 aromatic carbocycles. The first-order chi connectivity index (χ1) is 22.4. The van der Waals surface area contributed by atoms with E-state index < -0.39 is 48.0 Å². The number of ether oxygens (including phenoxy) is 4. The Kier molecular flexibility index (Phi) is 6.49. The van der Waals surface area contributed by atoms with Gasteiger partial charge in [0.05, 0.1) is 49.5 Å². The van der Waals surface area contributed by atoms with Crippen LogP contribution in [0.25, 0.3) is 0 Å². The van der Waals surface area contributed by atoms with Crippen LogP contribution >= 0.6 is 0 Å². The van der Waals surface area contributed by atoms with E-state index in [1.165, 1.54) is 14.2 Å². The zero-order chi connectivity index (χ0) is 31.7. The van der Waals surface area contributed by atoms with Crippen LogP contribution in [0.15, 0.2) is 96.1 Å². The van der Waals surface area contributed by atoms with Crippen molar-refractivity contribution in [2.24, 2.45) is 11.8 Å². The highest BCUT2D eigenvalue weighted by molar-refractivity contribution is 6.05. The van der Waals surface area contributed by atoms with E-state index in [1.807, 2.05) is 84.9 Å². The molecule has 4 bridgehead atoms. The minimum absolute atomic E-state index is 0.0764. The Labute approximate surface area is 264 Å². The highest BCUT2D eigenvalue weighted by Gasteiger charge is 2.68. The summed E-state index contributed by atoms with van der Waals surface area (Å²) in [7, 11) is 2.54. The van der Waals surface area contributed by atoms with Crippen LogP contribution in [0, 0.1) is 11.8 Å². The average molecular weight is 619 g/mol. The Morgan fingerprint density at radius 3 is 1.41 bits per heavy atom. The molecule has 6 atom stereocenters. The summed E-state index contributed by atoms with van der Waals surface area (Å²) < 4.78 is 21.7. The van der Waals surface area contributed by atoms with Gasteiger partial charge in [-0.2, -0.15) is 0 Å². The standard InChI is InChI=1S/C36H30N2O8/c1-43-33(39)29-27-28(30(29)34(40)44-2)32-24-16-22-21(15-23(24)31(27)38(32)36(42)46-18-20-11-7-4-8-12-20)25-13-14-26(22)37(25)35(41)45-17-19-9-5-3-6-10-19/h3-16,25-28,31-32H,17-18H2,1-2H3/t25-,26+,27-,28+,31-,32+. The van der Waals surface area contributed by atoms with Gasteiger partial charge in [0.15, 0.2) is 0 Å². The lowest BCUT2D eigenvalue weighted by atomic mass is 9.59. The van der Waals surface area contributed by atoms with E-state index in [-0.39, 0.29) is 36.4 Å². The zero-order valence-corrected chi connectivity index (χ0v) is 25.1. The van der Waals surface area contributed by atoms with Crippen LogP contribution in [0.2, 0.25) is 0 Å². The van der Waals surface area contributed by atoms with Gasteiger partial charge in [-0.1, -0.05) is 84.9 Å². The van der Waals surface area contributed by atoms with Crippen molar-refractivity contribution in [3.63, 3.8) is 0 Å². The molecule has 0 aromatic heterocycles. The molecule has 4 aliphatic heterocycles. The van der Waals surface area contributed by atoms with Gasteiger partial charge in [-0.15, -0.1) is 0 Å². The normalized spacial score (nSPS) is 25.4. The lowest BCUT2D eigenvalue weighted by molar-refractivity contribution is -0.142. The van der Waals surface area contributed by atoms with E-state index in [2.05, 4.69) is 0 Å². The lowest BCUT2D eigenvalue weighted by Gasteiger charge is -2.41. The Balaban J connectivity index is 1.14. The molecule has 0 radical (unpaired) electrons. The van der Waals surface area contributed by atoms with Crippen molar-refractivity contribution >= 4 is 24.1 Å². The van der Waals surface area contributed by atoms with Crippen molar-refractivity contribution in [3.05, 3.63) is 129 Å². The van der Waals surface area contributed by atoms with Crippen molar-refractivity contribution < 1.29 is 38.1 Å². The molecular weight excluding hydrogens is 588 g/mol. The van der Waals surface area contributed by atoms with Crippen LogP contribution < -0.4 is 0 Å². The lowest BCUT2D eigenvalue weighted by Crippen LogP contribution is -2.42. The summed E-state index contributed by atoms with van der Waals surface area (Å²) in [6.45, 7) is 0.237. The summed E-state index contributed by atoms with van der Waals surface area (Å²) in [5, 5.41) is 0. The number of benzene rings is 3. The van der Waals surface area contributed by atoms with Gasteiger partial charge in [-0.3, -0.25) is 9.80 Å². The highest BCUT2D eigenvalue weighted by Crippen LogP contribution is 2.69. The number of hydrogen-bond donors (Lipinski definition) is 0. The van der Waals surface area contributed by atoms with E-state index in [1.54, 1.807) is 9.80 Å². The molecule has 232 valence electrons. The number of fused-ring (bicyclic) bond motifs is 13. The molecule has 1 fully saturated rings. The molecule has 8 rings (SSSR count). The third-order valence-electron chi connectivity index (χ3n) is 9.90. The molecule has 0 saturated carbocycles. The summed E-state index contributed by atoms with van der Waals surface area (Å²) in [5.41, 5.74) is 5.82. The Morgan fingerprint density at radius 2 is 1.00 bits per heavy atom. The van der Waals surface area contributed by atoms with E-state index in [0.29, 0.717) is 0 Å². The molecule has 3 aromatic rings. The SMILES string of the molecule is COC(=O)C1=C(C(=O)OC)[C@H]2[C@@H]1[C@@H]1c3cc4c(cc3[C@H]2N1C(=O)OCc1ccccc1)[C@H]1C=C[C@@H]4N1C(=O)OCc1ccccc1. The molecule has 0 unspecified atom stereocenters. The second-order valence-electron chi connectivity index (χ2n) is 12.0. The van der Waals surface area contributed by atoms with Crippen molar-refractivity contribution in [1.29, 1.82) is 0 Å². The Hall–Kier alpha value is -5.38. The first-order valence-electron chi connectivity index (χ1n) is 15.2. The summed E-state index contributed by atoms with van der Waals surface area (Å²) in [5.74, 6) is -2.18. The number of nitrogens with zero attached hydrogens (tertiary/aromatic N) is 2. The molecule has 5 aliphatic rings. The quantitative estimate of drug-likeness (QED) is 0.199. The third kappa shape index (κ3) is 3.95. The fourth-order valence-electron chi connectivity index (χ4n) is 8.06. The molecule has 0 spiro atoms. The maximum atomic E-state index is 13.9. The number of esters is 2. The van der Waals surface area contributed by atoms with Crippen LogP contribution in [-0.4, -0.2) is 48.1 Å². The fourth-order valence-corrected chi connectivity index (χ4v) is 8.06. The van der Waals surface area contributed by atoms with E-state index in [9.17, 15) is 19.2 Å². The van der Waals surface area contributed by atoms with Crippen molar-refractivity contribution in [1.82, 2.24) is 9.80 Å². The van der Waals surface area contributed by atoms with E-state index in [4.69, 9.17) is 18.9 Å². The van der Waals surface area contributed by atoms with Crippen molar-refractivity contribution in [2.45, 2.75) is 37.4 Å². The summed E-state index contributed by atoms with van der Waals surface area (Å²) in [4.78, 5) is 56.7. The number of amides is 2. The second-order valence-corrected chi connectivity index (χ2v) is 12.0. The zero-order valence-electron chi connectivity index (χ0n) is 25.1. The molecule has 1 aliphatic carbocycles. The number of carbonyl (C=O) groups is 4. The maximum absolute atomic E-state index is 13.9. The Morgan fingerprint density at radius 1 is 0.587 bits per heavy atom. The number of carbonyl (C=O) groups excluding carboxylic acids is 4. The summed E-state index contributed by atoms with van der Waals surface area (Å²) in [6, 6.07) is 21.2. The van der Waals surface area contributed by atoms with Gasteiger partial charge in [-0.25, -0.2) is 19.2 Å². The highest BCUT2D eigenvalue weighted by atomic mass is 16.6. The van der Waals surface area contributed by atoms with Gasteiger partial charge in [0.1, 0.15) is 13.2 Å². The van der Waals surface area contributed by atoms with Crippen LogP contribution in [-0.2, 0) is 41.8 Å². The molecule has 10 nitrogen and oxygen atoms in total. The predicted molar refractivity (Wildman–Crippen MR) is 162 cm³/mol. The molecule has 10 heteroatoms. The van der Waals surface area contributed by atoms with Gasteiger partial charge in [0.25, 0.3) is 0 Å². The number of rotatable bonds is 6. The Bertz CT molecular complexity index is 1780. The maximum Gasteiger partial charge on any atom is 0.411 e. The van der Waals surface area contributed by atoms with Gasteiger partial charge in [0.2, 0.25) is 0 Å². The van der Waals surface area contributed by atoms with Crippen molar-refractivity contribution in [3.8, 4) is 0 Å². The summed E-state index contributed by atoms with van der Waals surface area (Å²) >= 11 is 0. The minimum atomic E-state index is -0.621. The molecule has 46 heavy (non-hydrogen) atoms.